The van der Waals surface area contributed by atoms with Crippen molar-refractivity contribution in [2.45, 2.75) is 26.1 Å². The van der Waals surface area contributed by atoms with Crippen molar-refractivity contribution in [1.29, 1.82) is 0 Å². The van der Waals surface area contributed by atoms with E-state index in [1.807, 2.05) is 30.3 Å². The predicted octanol–water partition coefficient (Wildman–Crippen LogP) is 4.11. The second kappa shape index (κ2) is 9.35. The van der Waals surface area contributed by atoms with Gasteiger partial charge in [0.25, 0.3) is 0 Å². The van der Waals surface area contributed by atoms with Crippen LogP contribution in [-0.2, 0) is 18.0 Å². The third kappa shape index (κ3) is 6.96. The molecule has 0 aliphatic heterocycles. The highest BCUT2D eigenvalue weighted by Gasteiger charge is 2.21. The smallest absolute Gasteiger partial charge is 0.106 e. The Bertz CT molecular complexity index is 592. The second-order valence-electron chi connectivity index (χ2n) is 5.02. The van der Waals surface area contributed by atoms with Gasteiger partial charge in [-0.3, -0.25) is 0 Å². The summed E-state index contributed by atoms with van der Waals surface area (Å²) in [4.78, 5) is 8.24. The van der Waals surface area contributed by atoms with Crippen molar-refractivity contribution in [3.05, 3.63) is 57.0 Å². The van der Waals surface area contributed by atoms with Crippen molar-refractivity contribution in [3.8, 4) is 0 Å². The normalized spacial score (nSPS) is 13.4. The summed E-state index contributed by atoms with van der Waals surface area (Å²) in [6.07, 6.45) is 2.68. The summed E-state index contributed by atoms with van der Waals surface area (Å²) in [5.41, 5.74) is 1.68. The number of halogens is 2. The maximum atomic E-state index is 8.58. The highest BCUT2D eigenvalue weighted by Crippen LogP contribution is 2.29. The van der Waals surface area contributed by atoms with Gasteiger partial charge >= 0.3 is 0 Å². The number of aromatic nitrogens is 2. The topological polar surface area (TPSA) is 55.2 Å². The van der Waals surface area contributed by atoms with Crippen LogP contribution in [0.2, 0.25) is 0 Å². The number of nitrogens with zero attached hydrogens (tertiary/aromatic N) is 2. The van der Waals surface area contributed by atoms with Crippen molar-refractivity contribution in [2.75, 3.05) is 6.61 Å². The quantitative estimate of drug-likeness (QED) is 0.726. The summed E-state index contributed by atoms with van der Waals surface area (Å²) in [5.74, 6) is 0.826. The molecule has 0 radical (unpaired) electrons. The van der Waals surface area contributed by atoms with E-state index in [1.54, 1.807) is 6.07 Å². The molecule has 3 rings (SSSR count). The van der Waals surface area contributed by atoms with Crippen molar-refractivity contribution in [1.82, 2.24) is 9.97 Å². The molecule has 1 N–H and O–H groups in total. The molecule has 6 heteroatoms. The van der Waals surface area contributed by atoms with Crippen LogP contribution in [0.15, 0.2) is 45.6 Å². The zero-order valence-electron chi connectivity index (χ0n) is 12.1. The highest BCUT2D eigenvalue weighted by molar-refractivity contribution is 9.10. The fraction of sp³-hybridized carbons (Fsp3) is 0.375. The van der Waals surface area contributed by atoms with Gasteiger partial charge in [-0.2, -0.15) is 0 Å². The van der Waals surface area contributed by atoms with Gasteiger partial charge < -0.3 is 9.84 Å². The molecule has 0 bridgehead atoms. The van der Waals surface area contributed by atoms with Crippen LogP contribution in [0.5, 0.6) is 0 Å². The van der Waals surface area contributed by atoms with E-state index in [4.69, 9.17) is 9.84 Å². The number of aliphatic hydroxyl groups is 1. The lowest BCUT2D eigenvalue weighted by Crippen LogP contribution is -1.98. The SMILES string of the molecule is Brc1cccc(COCC2CC2)n1.OCc1cccc(Br)n1. The summed E-state index contributed by atoms with van der Waals surface area (Å²) >= 11 is 6.51. The number of hydrogen-bond acceptors (Lipinski definition) is 4. The molecular formula is C16H18Br2N2O2. The van der Waals surface area contributed by atoms with E-state index in [-0.39, 0.29) is 6.61 Å². The molecule has 2 aromatic rings. The first-order valence-electron chi connectivity index (χ1n) is 7.09. The minimum absolute atomic E-state index is 0.000556. The van der Waals surface area contributed by atoms with Gasteiger partial charge in [0.2, 0.25) is 0 Å². The highest BCUT2D eigenvalue weighted by atomic mass is 79.9. The van der Waals surface area contributed by atoms with Crippen molar-refractivity contribution in [2.24, 2.45) is 5.92 Å². The van der Waals surface area contributed by atoms with Gasteiger partial charge in [0.15, 0.2) is 0 Å². The predicted molar refractivity (Wildman–Crippen MR) is 92.2 cm³/mol. The van der Waals surface area contributed by atoms with Crippen LogP contribution in [0.4, 0.5) is 0 Å². The van der Waals surface area contributed by atoms with Crippen LogP contribution in [0.1, 0.15) is 24.2 Å². The van der Waals surface area contributed by atoms with Gasteiger partial charge in [-0.05, 0) is 74.9 Å². The summed E-state index contributed by atoms with van der Waals surface area (Å²) in [6, 6.07) is 11.3. The Morgan fingerprint density at radius 1 is 1.00 bits per heavy atom. The molecule has 0 aromatic carbocycles. The van der Waals surface area contributed by atoms with Gasteiger partial charge in [-0.15, -0.1) is 0 Å². The van der Waals surface area contributed by atoms with Crippen molar-refractivity contribution < 1.29 is 9.84 Å². The zero-order chi connectivity index (χ0) is 15.8. The summed E-state index contributed by atoms with van der Waals surface area (Å²) in [6.45, 7) is 1.53. The number of rotatable bonds is 5. The van der Waals surface area contributed by atoms with Crippen molar-refractivity contribution >= 4 is 31.9 Å². The van der Waals surface area contributed by atoms with E-state index < -0.39 is 0 Å². The third-order valence-corrected chi connectivity index (χ3v) is 3.89. The Morgan fingerprint density at radius 3 is 2.09 bits per heavy atom. The Kier molecular flexibility index (Phi) is 7.45. The van der Waals surface area contributed by atoms with Crippen LogP contribution >= 0.6 is 31.9 Å². The molecule has 0 saturated heterocycles. The summed E-state index contributed by atoms with van der Waals surface area (Å²) in [7, 11) is 0. The third-order valence-electron chi connectivity index (χ3n) is 3.01. The molecule has 4 nitrogen and oxygen atoms in total. The summed E-state index contributed by atoms with van der Waals surface area (Å²) in [5, 5.41) is 8.58. The van der Waals surface area contributed by atoms with Crippen LogP contribution in [-0.4, -0.2) is 21.7 Å². The van der Waals surface area contributed by atoms with Crippen molar-refractivity contribution in [3.63, 3.8) is 0 Å². The standard InChI is InChI=1S/C10H12BrNO.C6H6BrNO/c11-10-3-1-2-9(12-10)7-13-6-8-4-5-8;7-6-3-1-2-5(4-9)8-6/h1-3,8H,4-7H2;1-3,9H,4H2. The summed E-state index contributed by atoms with van der Waals surface area (Å²) < 4.78 is 7.15. The molecule has 118 valence electrons. The lowest BCUT2D eigenvalue weighted by Gasteiger charge is -2.02. The number of pyridine rings is 2. The first-order valence-corrected chi connectivity index (χ1v) is 8.67. The Hall–Kier alpha value is -0.820. The Morgan fingerprint density at radius 2 is 1.59 bits per heavy atom. The Balaban J connectivity index is 0.000000172. The van der Waals surface area contributed by atoms with Crippen LogP contribution in [0.25, 0.3) is 0 Å². The average molecular weight is 430 g/mol. The van der Waals surface area contributed by atoms with Gasteiger partial charge in [-0.25, -0.2) is 9.97 Å². The molecule has 1 saturated carbocycles. The first-order chi connectivity index (χ1) is 10.7. The molecule has 2 aromatic heterocycles. The van der Waals surface area contributed by atoms with E-state index in [9.17, 15) is 0 Å². The second-order valence-corrected chi connectivity index (χ2v) is 6.64. The lowest BCUT2D eigenvalue weighted by atomic mass is 10.4. The largest absolute Gasteiger partial charge is 0.390 e. The van der Waals surface area contributed by atoms with E-state index in [0.29, 0.717) is 12.3 Å². The monoisotopic (exact) mass is 428 g/mol. The first kappa shape index (κ1) is 17.5. The maximum Gasteiger partial charge on any atom is 0.106 e. The van der Waals surface area contributed by atoms with Crippen LogP contribution in [0, 0.1) is 5.92 Å². The molecule has 1 fully saturated rings. The minimum atomic E-state index is -0.000556. The number of ether oxygens (including phenoxy) is 1. The van der Waals surface area contributed by atoms with Crippen LogP contribution in [0.3, 0.4) is 0 Å². The van der Waals surface area contributed by atoms with E-state index in [0.717, 1.165) is 27.4 Å². The maximum absolute atomic E-state index is 8.58. The van der Waals surface area contributed by atoms with Gasteiger partial charge in [0.05, 0.1) is 24.6 Å². The van der Waals surface area contributed by atoms with Crippen LogP contribution < -0.4 is 0 Å². The average Bonchev–Trinajstić information content (AvgIpc) is 3.32. The number of aliphatic hydroxyl groups excluding tert-OH is 1. The van der Waals surface area contributed by atoms with Gasteiger partial charge in [0, 0.05) is 6.61 Å². The fourth-order valence-corrected chi connectivity index (χ4v) is 2.44. The molecule has 1 aliphatic rings. The lowest BCUT2D eigenvalue weighted by molar-refractivity contribution is 0.108. The fourth-order valence-electron chi connectivity index (χ4n) is 1.68. The minimum Gasteiger partial charge on any atom is -0.390 e. The molecule has 2 heterocycles. The molecule has 0 amide bonds. The van der Waals surface area contributed by atoms with Gasteiger partial charge in [0.1, 0.15) is 9.21 Å². The van der Waals surface area contributed by atoms with E-state index in [2.05, 4.69) is 41.8 Å². The Labute approximate surface area is 147 Å². The van der Waals surface area contributed by atoms with E-state index in [1.165, 1.54) is 12.8 Å². The molecular weight excluding hydrogens is 412 g/mol. The molecule has 22 heavy (non-hydrogen) atoms. The molecule has 0 spiro atoms. The molecule has 0 unspecified atom stereocenters. The molecule has 0 atom stereocenters. The zero-order valence-corrected chi connectivity index (χ0v) is 15.3. The van der Waals surface area contributed by atoms with E-state index >= 15 is 0 Å². The number of hydrogen-bond donors (Lipinski definition) is 1. The molecule has 1 aliphatic carbocycles. The van der Waals surface area contributed by atoms with Gasteiger partial charge in [-0.1, -0.05) is 12.1 Å².